The van der Waals surface area contributed by atoms with E-state index in [2.05, 4.69) is 46.5 Å². The van der Waals surface area contributed by atoms with Crippen molar-refractivity contribution in [2.45, 2.75) is 13.0 Å². The van der Waals surface area contributed by atoms with E-state index in [1.807, 2.05) is 32.1 Å². The number of ether oxygens (including phenoxy) is 1. The second-order valence-electron chi connectivity index (χ2n) is 7.06. The van der Waals surface area contributed by atoms with Crippen LogP contribution < -0.4 is 10.2 Å². The van der Waals surface area contributed by atoms with Crippen LogP contribution in [0.2, 0.25) is 0 Å². The minimum absolute atomic E-state index is 0. The smallest absolute Gasteiger partial charge is 0.193 e. The van der Waals surface area contributed by atoms with Crippen molar-refractivity contribution in [3.63, 3.8) is 0 Å². The Kier molecular flexibility index (Phi) is 8.09. The fraction of sp³-hybridized carbons (Fsp3) is 0.500. The zero-order valence-electron chi connectivity index (χ0n) is 16.6. The molecular weight excluding hydrogens is 453 g/mol. The first-order valence-electron chi connectivity index (χ1n) is 9.14. The van der Waals surface area contributed by atoms with Gasteiger partial charge < -0.3 is 19.9 Å². The molecule has 1 aliphatic rings. The van der Waals surface area contributed by atoms with Crippen LogP contribution in [0.5, 0.6) is 0 Å². The van der Waals surface area contributed by atoms with Gasteiger partial charge >= 0.3 is 0 Å². The van der Waals surface area contributed by atoms with Crippen molar-refractivity contribution in [1.82, 2.24) is 15.2 Å². The van der Waals surface area contributed by atoms with E-state index >= 15 is 0 Å². The molecule has 1 saturated heterocycles. The van der Waals surface area contributed by atoms with E-state index in [9.17, 15) is 0 Å². The van der Waals surface area contributed by atoms with Gasteiger partial charge in [0, 0.05) is 59.2 Å². The molecule has 1 aliphatic heterocycles. The maximum Gasteiger partial charge on any atom is 0.193 e. The lowest BCUT2D eigenvalue weighted by molar-refractivity contribution is 0.181. The fourth-order valence-corrected chi connectivity index (χ4v) is 3.37. The van der Waals surface area contributed by atoms with Crippen LogP contribution in [0.15, 0.2) is 35.3 Å². The second kappa shape index (κ2) is 10.1. The fourth-order valence-electron chi connectivity index (χ4n) is 3.37. The summed E-state index contributed by atoms with van der Waals surface area (Å²) in [6.07, 6.45) is 1.13. The zero-order chi connectivity index (χ0) is 18.5. The molecule has 3 rings (SSSR count). The first-order valence-corrected chi connectivity index (χ1v) is 9.14. The Morgan fingerprint density at radius 2 is 2.07 bits per heavy atom. The highest BCUT2D eigenvalue weighted by molar-refractivity contribution is 14.0. The molecule has 148 valence electrons. The Hall–Kier alpha value is -1.61. The number of anilines is 1. The molecule has 0 aliphatic carbocycles. The zero-order valence-corrected chi connectivity index (χ0v) is 18.9. The van der Waals surface area contributed by atoms with E-state index in [0.717, 1.165) is 43.5 Å². The Balaban J connectivity index is 0.00000261. The highest BCUT2D eigenvalue weighted by Gasteiger charge is 2.19. The molecule has 1 N–H and O–H groups in total. The quantitative estimate of drug-likeness (QED) is 0.403. The standard InChI is InChI=1S/C20H29N5O.HI/c1-21-20(25(4)13-15-9-10-26-14-15)22-12-16-11-19(24(2)3)23-18-8-6-5-7-17(16)18;/h5-8,11,15H,9-10,12-14H2,1-4H3,(H,21,22);1H. The van der Waals surface area contributed by atoms with Gasteiger partial charge in [0.25, 0.3) is 0 Å². The summed E-state index contributed by atoms with van der Waals surface area (Å²) in [6, 6.07) is 10.4. The summed E-state index contributed by atoms with van der Waals surface area (Å²) in [6.45, 7) is 3.39. The van der Waals surface area contributed by atoms with Crippen LogP contribution in [0, 0.1) is 5.92 Å². The van der Waals surface area contributed by atoms with Gasteiger partial charge in [-0.3, -0.25) is 4.99 Å². The van der Waals surface area contributed by atoms with Gasteiger partial charge in [0.05, 0.1) is 12.1 Å². The normalized spacial score (nSPS) is 16.9. The van der Waals surface area contributed by atoms with Crippen LogP contribution >= 0.6 is 24.0 Å². The number of guanidine groups is 1. The van der Waals surface area contributed by atoms with Crippen molar-refractivity contribution in [1.29, 1.82) is 0 Å². The average Bonchev–Trinajstić information content (AvgIpc) is 3.14. The molecule has 0 saturated carbocycles. The predicted octanol–water partition coefficient (Wildman–Crippen LogP) is 2.96. The lowest BCUT2D eigenvalue weighted by Gasteiger charge is -2.25. The number of hydrogen-bond acceptors (Lipinski definition) is 4. The Morgan fingerprint density at radius 1 is 1.30 bits per heavy atom. The third-order valence-corrected chi connectivity index (χ3v) is 4.81. The third-order valence-electron chi connectivity index (χ3n) is 4.81. The monoisotopic (exact) mass is 483 g/mol. The van der Waals surface area contributed by atoms with Crippen LogP contribution in [-0.4, -0.2) is 63.8 Å². The number of aromatic nitrogens is 1. The molecule has 2 aromatic rings. The van der Waals surface area contributed by atoms with Gasteiger partial charge in [-0.15, -0.1) is 24.0 Å². The number of para-hydroxylation sites is 1. The van der Waals surface area contributed by atoms with Gasteiger partial charge in [0.15, 0.2) is 5.96 Å². The molecule has 1 fully saturated rings. The molecule has 1 unspecified atom stereocenters. The summed E-state index contributed by atoms with van der Waals surface area (Å²) in [5.74, 6) is 2.46. The van der Waals surface area contributed by atoms with E-state index in [-0.39, 0.29) is 24.0 Å². The van der Waals surface area contributed by atoms with E-state index in [1.165, 1.54) is 10.9 Å². The minimum atomic E-state index is 0. The Morgan fingerprint density at radius 3 is 2.74 bits per heavy atom. The number of nitrogens with one attached hydrogen (secondary N) is 1. The van der Waals surface area contributed by atoms with Crippen molar-refractivity contribution in [3.05, 3.63) is 35.9 Å². The number of aliphatic imine (C=N–C) groups is 1. The van der Waals surface area contributed by atoms with Gasteiger partial charge in [-0.25, -0.2) is 4.98 Å². The summed E-state index contributed by atoms with van der Waals surface area (Å²) in [5.41, 5.74) is 2.24. The summed E-state index contributed by atoms with van der Waals surface area (Å²) < 4.78 is 5.49. The SMILES string of the molecule is CN=C(NCc1cc(N(C)C)nc2ccccc12)N(C)CC1CCOC1.I. The molecule has 0 bridgehead atoms. The van der Waals surface area contributed by atoms with Crippen LogP contribution in [0.1, 0.15) is 12.0 Å². The molecule has 1 aromatic heterocycles. The van der Waals surface area contributed by atoms with Crippen LogP contribution in [0.4, 0.5) is 5.82 Å². The Labute approximate surface area is 179 Å². The lowest BCUT2D eigenvalue weighted by Crippen LogP contribution is -2.41. The molecule has 1 aromatic carbocycles. The number of nitrogens with zero attached hydrogens (tertiary/aromatic N) is 4. The number of hydrogen-bond donors (Lipinski definition) is 1. The first-order chi connectivity index (χ1) is 12.6. The Bertz CT molecular complexity index is 774. The van der Waals surface area contributed by atoms with Gasteiger partial charge in [0.1, 0.15) is 5.82 Å². The first kappa shape index (κ1) is 21.7. The maximum atomic E-state index is 5.49. The molecule has 2 heterocycles. The van der Waals surface area contributed by atoms with E-state index in [4.69, 9.17) is 9.72 Å². The van der Waals surface area contributed by atoms with Crippen molar-refractivity contribution in [2.24, 2.45) is 10.9 Å². The maximum absolute atomic E-state index is 5.49. The molecule has 7 heteroatoms. The second-order valence-corrected chi connectivity index (χ2v) is 7.06. The van der Waals surface area contributed by atoms with Gasteiger partial charge in [0.2, 0.25) is 0 Å². The lowest BCUT2D eigenvalue weighted by atomic mass is 10.1. The highest BCUT2D eigenvalue weighted by Crippen LogP contribution is 2.22. The number of fused-ring (bicyclic) bond motifs is 1. The highest BCUT2D eigenvalue weighted by atomic mass is 127. The van der Waals surface area contributed by atoms with Crippen molar-refractivity contribution in [2.75, 3.05) is 52.8 Å². The largest absolute Gasteiger partial charge is 0.381 e. The number of pyridine rings is 1. The third kappa shape index (κ3) is 5.44. The van der Waals surface area contributed by atoms with E-state index < -0.39 is 0 Å². The number of benzene rings is 1. The van der Waals surface area contributed by atoms with Crippen LogP contribution in [0.3, 0.4) is 0 Å². The molecule has 27 heavy (non-hydrogen) atoms. The van der Waals surface area contributed by atoms with Gasteiger partial charge in [-0.2, -0.15) is 0 Å². The number of halogens is 1. The van der Waals surface area contributed by atoms with Crippen molar-refractivity contribution in [3.8, 4) is 0 Å². The predicted molar refractivity (Wildman–Crippen MR) is 123 cm³/mol. The molecular formula is C20H30IN5O. The number of rotatable bonds is 5. The average molecular weight is 483 g/mol. The molecule has 0 radical (unpaired) electrons. The van der Waals surface area contributed by atoms with E-state index in [0.29, 0.717) is 12.5 Å². The van der Waals surface area contributed by atoms with Crippen molar-refractivity contribution < 1.29 is 4.74 Å². The van der Waals surface area contributed by atoms with Crippen molar-refractivity contribution >= 4 is 46.7 Å². The molecule has 0 amide bonds. The molecule has 0 spiro atoms. The van der Waals surface area contributed by atoms with Gasteiger partial charge in [-0.1, -0.05) is 18.2 Å². The summed E-state index contributed by atoms with van der Waals surface area (Å²) in [5, 5.41) is 4.68. The van der Waals surface area contributed by atoms with Crippen LogP contribution in [0.25, 0.3) is 10.9 Å². The summed E-state index contributed by atoms with van der Waals surface area (Å²) in [7, 11) is 7.96. The summed E-state index contributed by atoms with van der Waals surface area (Å²) in [4.78, 5) is 13.4. The molecule has 6 nitrogen and oxygen atoms in total. The topological polar surface area (TPSA) is 53.0 Å². The van der Waals surface area contributed by atoms with E-state index in [1.54, 1.807) is 0 Å². The van der Waals surface area contributed by atoms with Gasteiger partial charge in [-0.05, 0) is 24.1 Å². The summed E-state index contributed by atoms with van der Waals surface area (Å²) >= 11 is 0. The van der Waals surface area contributed by atoms with Crippen LogP contribution in [-0.2, 0) is 11.3 Å². The minimum Gasteiger partial charge on any atom is -0.381 e. The molecule has 1 atom stereocenters.